The molecule has 2 fully saturated rings. The van der Waals surface area contributed by atoms with Crippen molar-refractivity contribution in [1.82, 2.24) is 20.2 Å². The Bertz CT molecular complexity index is 2080. The summed E-state index contributed by atoms with van der Waals surface area (Å²) in [6.45, 7) is 6.84. The molecule has 1 saturated heterocycles. The lowest BCUT2D eigenvalue weighted by Crippen LogP contribution is -2.49. The molecule has 4 aromatic rings. The van der Waals surface area contributed by atoms with Gasteiger partial charge in [0.1, 0.15) is 17.3 Å². The number of methoxy groups -OCH3 is 2. The van der Waals surface area contributed by atoms with Crippen molar-refractivity contribution in [2.75, 3.05) is 78.8 Å². The Morgan fingerprint density at radius 3 is 2.16 bits per heavy atom. The van der Waals surface area contributed by atoms with Gasteiger partial charge in [-0.05, 0) is 54.3 Å². The van der Waals surface area contributed by atoms with Crippen LogP contribution in [0.4, 0.5) is 39.3 Å². The molecule has 3 N–H and O–H groups in total. The fourth-order valence-electron chi connectivity index (χ4n) is 8.62. The maximum Gasteiger partial charge on any atom is 0.330 e. The number of carbonyl (C=O) groups is 3. The van der Waals surface area contributed by atoms with Crippen LogP contribution in [0.3, 0.4) is 0 Å². The third-order valence-electron chi connectivity index (χ3n) is 12.2. The van der Waals surface area contributed by atoms with Gasteiger partial charge in [0.25, 0.3) is 0 Å². The molecule has 14 nitrogen and oxygen atoms in total. The van der Waals surface area contributed by atoms with E-state index in [2.05, 4.69) is 42.9 Å². The smallest absolute Gasteiger partial charge is 0.330 e. The Kier molecular flexibility index (Phi) is 15.5. The van der Waals surface area contributed by atoms with Gasteiger partial charge in [0.15, 0.2) is 0 Å². The zero-order valence-corrected chi connectivity index (χ0v) is 36.7. The molecule has 0 radical (unpaired) electrons. The fraction of sp³-hybridized carbons (Fsp3) is 0.479. The second-order valence-corrected chi connectivity index (χ2v) is 16.7. The third kappa shape index (κ3) is 11.9. The maximum absolute atomic E-state index is 14.4. The zero-order valence-electron chi connectivity index (χ0n) is 36.7. The SMILES string of the molecule is CCC(=O)Nc1ccc(CN2C(=O)N(c3cc(OC)cc(OC)c3)Cc3cnc(Nc4ccc(N5CCN(CC(=O)NCCCCCC6CCCCCC6)CC5)cc4)nc32)cc1. The second kappa shape index (κ2) is 21.8. The van der Waals surface area contributed by atoms with Crippen molar-refractivity contribution in [2.24, 2.45) is 5.92 Å². The molecule has 1 aliphatic carbocycles. The first-order valence-corrected chi connectivity index (χ1v) is 22.5. The van der Waals surface area contributed by atoms with Crippen LogP contribution in [0.1, 0.15) is 88.7 Å². The van der Waals surface area contributed by atoms with Crippen LogP contribution in [0.5, 0.6) is 11.5 Å². The molecule has 2 aliphatic heterocycles. The van der Waals surface area contributed by atoms with Crippen molar-refractivity contribution in [3.05, 3.63) is 84.1 Å². The maximum atomic E-state index is 14.4. The molecule has 0 bridgehead atoms. The van der Waals surface area contributed by atoms with Crippen molar-refractivity contribution in [3.63, 3.8) is 0 Å². The number of ether oxygens (including phenoxy) is 2. The average Bonchev–Trinajstić information content (AvgIpc) is 3.58. The number of hydrogen-bond acceptors (Lipinski definition) is 10. The van der Waals surface area contributed by atoms with Crippen LogP contribution in [0.2, 0.25) is 0 Å². The summed E-state index contributed by atoms with van der Waals surface area (Å²) in [6.07, 6.45) is 15.5. The van der Waals surface area contributed by atoms with E-state index in [9.17, 15) is 14.4 Å². The number of benzene rings is 3. The topological polar surface area (TPSA) is 144 Å². The fourth-order valence-corrected chi connectivity index (χ4v) is 8.62. The normalized spacial score (nSPS) is 16.0. The van der Waals surface area contributed by atoms with Gasteiger partial charge in [-0.3, -0.25) is 24.3 Å². The number of urea groups is 1. The molecule has 3 aromatic carbocycles. The summed E-state index contributed by atoms with van der Waals surface area (Å²) in [4.78, 5) is 56.5. The van der Waals surface area contributed by atoms with E-state index < -0.39 is 0 Å². The van der Waals surface area contributed by atoms with E-state index in [0.29, 0.717) is 47.6 Å². The standard InChI is InChI=1S/C48H63N9O5/c1-4-44(58)51-38-17-15-36(16-18-38)32-57-46-37(33-56(48(57)60)41-28-42(61-2)30-43(29-41)62-3)31-50-47(53-46)52-39-19-21-40(22-20-39)55-26-24-54(25-27-55)34-45(59)49-23-11-7-10-14-35-12-8-5-6-9-13-35/h15-22,28-31,35H,4-14,23-27,32-34H2,1-3H3,(H,49,59)(H,51,58)(H,50,52,53). The molecular weight excluding hydrogens is 783 g/mol. The monoisotopic (exact) mass is 845 g/mol. The number of amides is 4. The molecular formula is C48H63N9O5. The van der Waals surface area contributed by atoms with E-state index in [4.69, 9.17) is 14.5 Å². The minimum atomic E-state index is -0.267. The van der Waals surface area contributed by atoms with Crippen LogP contribution in [0, 0.1) is 5.92 Å². The van der Waals surface area contributed by atoms with Gasteiger partial charge in [-0.25, -0.2) is 9.78 Å². The molecule has 3 aliphatic rings. The Hall–Kier alpha value is -5.89. The summed E-state index contributed by atoms with van der Waals surface area (Å²) in [6, 6.07) is 20.7. The van der Waals surface area contributed by atoms with Crippen molar-refractivity contribution in [2.45, 2.75) is 90.6 Å². The number of rotatable bonds is 18. The van der Waals surface area contributed by atoms with Crippen LogP contribution in [0.25, 0.3) is 0 Å². The van der Waals surface area contributed by atoms with Gasteiger partial charge in [0.05, 0.1) is 39.5 Å². The minimum Gasteiger partial charge on any atom is -0.497 e. The summed E-state index contributed by atoms with van der Waals surface area (Å²) in [5, 5.41) is 9.37. The number of nitrogens with one attached hydrogen (secondary N) is 3. The molecule has 0 atom stereocenters. The molecule has 14 heteroatoms. The summed E-state index contributed by atoms with van der Waals surface area (Å²) in [5.41, 5.74) is 4.86. The van der Waals surface area contributed by atoms with Crippen molar-refractivity contribution >= 4 is 52.4 Å². The number of aromatic nitrogens is 2. The lowest BCUT2D eigenvalue weighted by molar-refractivity contribution is -0.122. The van der Waals surface area contributed by atoms with Crippen LogP contribution >= 0.6 is 0 Å². The summed E-state index contributed by atoms with van der Waals surface area (Å²) < 4.78 is 11.0. The predicted molar refractivity (Wildman–Crippen MR) is 246 cm³/mol. The summed E-state index contributed by atoms with van der Waals surface area (Å²) in [7, 11) is 3.15. The number of carbonyl (C=O) groups excluding carboxylic acids is 3. The quantitative estimate of drug-likeness (QED) is 0.0659. The number of hydrogen-bond donors (Lipinski definition) is 3. The molecule has 0 unspecified atom stereocenters. The number of fused-ring (bicyclic) bond motifs is 1. The molecule has 3 heterocycles. The van der Waals surface area contributed by atoms with E-state index in [1.807, 2.05) is 36.4 Å². The number of unbranched alkanes of at least 4 members (excludes halogenated alkanes) is 2. The lowest BCUT2D eigenvalue weighted by atomic mass is 9.94. The van der Waals surface area contributed by atoms with Crippen LogP contribution in [-0.2, 0) is 22.7 Å². The average molecular weight is 846 g/mol. The highest BCUT2D eigenvalue weighted by molar-refractivity contribution is 6.05. The van der Waals surface area contributed by atoms with Crippen molar-refractivity contribution in [1.29, 1.82) is 0 Å². The van der Waals surface area contributed by atoms with Gasteiger partial charge < -0.3 is 30.3 Å². The molecule has 4 amide bonds. The largest absolute Gasteiger partial charge is 0.497 e. The zero-order chi connectivity index (χ0) is 43.3. The van der Waals surface area contributed by atoms with E-state index in [0.717, 1.165) is 67.6 Å². The van der Waals surface area contributed by atoms with Crippen molar-refractivity contribution in [3.8, 4) is 11.5 Å². The Balaban J connectivity index is 0.942. The van der Waals surface area contributed by atoms with E-state index in [1.54, 1.807) is 55.3 Å². The number of piperazine rings is 1. The van der Waals surface area contributed by atoms with Gasteiger partial charge >= 0.3 is 6.03 Å². The molecule has 1 saturated carbocycles. The Morgan fingerprint density at radius 1 is 0.790 bits per heavy atom. The predicted octanol–water partition coefficient (Wildman–Crippen LogP) is 8.50. The van der Waals surface area contributed by atoms with Gasteiger partial charge in [-0.1, -0.05) is 76.8 Å². The second-order valence-electron chi connectivity index (χ2n) is 16.7. The van der Waals surface area contributed by atoms with E-state index >= 15 is 0 Å². The first-order chi connectivity index (χ1) is 30.3. The number of nitrogens with zero attached hydrogens (tertiary/aromatic N) is 6. The van der Waals surface area contributed by atoms with Gasteiger partial charge in [-0.2, -0.15) is 4.98 Å². The highest BCUT2D eigenvalue weighted by Gasteiger charge is 2.34. The first-order valence-electron chi connectivity index (χ1n) is 22.5. The molecule has 0 spiro atoms. The molecule has 62 heavy (non-hydrogen) atoms. The van der Waals surface area contributed by atoms with Crippen LogP contribution in [-0.4, -0.2) is 86.2 Å². The van der Waals surface area contributed by atoms with Gasteiger partial charge in [0, 0.05) is 86.2 Å². The van der Waals surface area contributed by atoms with E-state index in [1.165, 1.54) is 57.8 Å². The van der Waals surface area contributed by atoms with Gasteiger partial charge in [0.2, 0.25) is 17.8 Å². The van der Waals surface area contributed by atoms with Crippen LogP contribution < -0.4 is 40.1 Å². The van der Waals surface area contributed by atoms with Gasteiger partial charge in [-0.15, -0.1) is 0 Å². The summed E-state index contributed by atoms with van der Waals surface area (Å²) >= 11 is 0. The highest BCUT2D eigenvalue weighted by Crippen LogP contribution is 2.36. The molecule has 7 rings (SSSR count). The number of anilines is 6. The molecule has 1 aromatic heterocycles. The highest BCUT2D eigenvalue weighted by atomic mass is 16.5. The summed E-state index contributed by atoms with van der Waals surface area (Å²) in [5.74, 6) is 2.97. The Morgan fingerprint density at radius 2 is 1.48 bits per heavy atom. The first kappa shape index (κ1) is 44.2. The van der Waals surface area contributed by atoms with E-state index in [-0.39, 0.29) is 30.9 Å². The minimum absolute atomic E-state index is 0.0699. The molecule has 330 valence electrons. The van der Waals surface area contributed by atoms with Crippen molar-refractivity contribution < 1.29 is 23.9 Å². The van der Waals surface area contributed by atoms with Crippen LogP contribution in [0.15, 0.2) is 72.9 Å². The lowest BCUT2D eigenvalue weighted by Gasteiger charge is -2.36. The third-order valence-corrected chi connectivity index (χ3v) is 12.2. The Labute approximate surface area is 366 Å².